The first kappa shape index (κ1) is 17.3. The van der Waals surface area contributed by atoms with Crippen LogP contribution in [0.3, 0.4) is 0 Å². The van der Waals surface area contributed by atoms with Crippen LogP contribution in [0.1, 0.15) is 36.8 Å². The molecule has 2 aromatic rings. The number of aromatic amines is 1. The van der Waals surface area contributed by atoms with Crippen molar-refractivity contribution in [2.75, 3.05) is 13.1 Å². The Labute approximate surface area is 147 Å². The van der Waals surface area contributed by atoms with Gasteiger partial charge in [-0.1, -0.05) is 32.6 Å². The number of nitrogens with zero attached hydrogens (tertiary/aromatic N) is 4. The molecule has 0 aliphatic carbocycles. The minimum absolute atomic E-state index is 0.113. The smallest absolute Gasteiger partial charge is 0.152 e. The lowest BCUT2D eigenvalue weighted by Gasteiger charge is -2.27. The first-order valence-electron chi connectivity index (χ1n) is 8.52. The van der Waals surface area contributed by atoms with Crippen LogP contribution < -0.4 is 5.32 Å². The van der Waals surface area contributed by atoms with Gasteiger partial charge in [-0.3, -0.25) is 4.98 Å². The standard InChI is InChI=1S/C18H24N6O/c1-11(2)17(12(3)25)16(18-21-23-24-22-18)8-15-5-4-13(10-20-15)14-6-7-19-9-14/h4-6,10-11,16-17,19,25H,3,7-9H2,1-2H3,(H,21,22,23,24)/t16-,17+/m0/s1. The third-order valence-corrected chi connectivity index (χ3v) is 4.68. The molecule has 0 aromatic carbocycles. The SMILES string of the molecule is C=C(O)[C@@H](C(C)C)[C@H](Cc1ccc(C2=CCNC2)cn1)c1nnn[nH]1. The molecule has 7 heteroatoms. The van der Waals surface area contributed by atoms with E-state index in [1.165, 1.54) is 5.57 Å². The minimum Gasteiger partial charge on any atom is -0.513 e. The van der Waals surface area contributed by atoms with Gasteiger partial charge in [0, 0.05) is 43.2 Å². The molecule has 25 heavy (non-hydrogen) atoms. The Morgan fingerprint density at radius 2 is 2.20 bits per heavy atom. The maximum Gasteiger partial charge on any atom is 0.152 e. The van der Waals surface area contributed by atoms with Gasteiger partial charge in [0.2, 0.25) is 0 Å². The number of hydrogen-bond donors (Lipinski definition) is 3. The monoisotopic (exact) mass is 340 g/mol. The van der Waals surface area contributed by atoms with E-state index in [1.807, 2.05) is 12.3 Å². The molecule has 0 radical (unpaired) electrons. The molecule has 1 aliphatic rings. The zero-order valence-corrected chi connectivity index (χ0v) is 14.6. The van der Waals surface area contributed by atoms with E-state index < -0.39 is 0 Å². The van der Waals surface area contributed by atoms with Crippen molar-refractivity contribution in [1.29, 1.82) is 0 Å². The molecule has 7 nitrogen and oxygen atoms in total. The van der Waals surface area contributed by atoms with Crippen LogP contribution in [0.15, 0.2) is 36.7 Å². The Kier molecular flexibility index (Phi) is 5.23. The summed E-state index contributed by atoms with van der Waals surface area (Å²) in [5.41, 5.74) is 3.35. The largest absolute Gasteiger partial charge is 0.513 e. The quantitative estimate of drug-likeness (QED) is 0.669. The van der Waals surface area contributed by atoms with Crippen molar-refractivity contribution in [1.82, 2.24) is 30.9 Å². The predicted molar refractivity (Wildman–Crippen MR) is 95.8 cm³/mol. The molecule has 2 atom stereocenters. The van der Waals surface area contributed by atoms with Crippen LogP contribution in [0.4, 0.5) is 0 Å². The number of rotatable bonds is 7. The molecule has 0 spiro atoms. The Hall–Kier alpha value is -2.54. The predicted octanol–water partition coefficient (Wildman–Crippen LogP) is 2.25. The maximum absolute atomic E-state index is 10.1. The number of H-pyrrole nitrogens is 1. The van der Waals surface area contributed by atoms with Crippen LogP contribution in [0.2, 0.25) is 0 Å². The third-order valence-electron chi connectivity index (χ3n) is 4.68. The van der Waals surface area contributed by atoms with E-state index in [4.69, 9.17) is 0 Å². The molecule has 0 saturated carbocycles. The third kappa shape index (κ3) is 3.93. The van der Waals surface area contributed by atoms with Crippen LogP contribution in [-0.4, -0.2) is 43.8 Å². The summed E-state index contributed by atoms with van der Waals surface area (Å²) in [6.07, 6.45) is 4.71. The van der Waals surface area contributed by atoms with Crippen LogP contribution in [0, 0.1) is 11.8 Å². The number of pyridine rings is 1. The average Bonchev–Trinajstić information content (AvgIpc) is 3.28. The van der Waals surface area contributed by atoms with E-state index >= 15 is 0 Å². The summed E-state index contributed by atoms with van der Waals surface area (Å²) >= 11 is 0. The van der Waals surface area contributed by atoms with Crippen molar-refractivity contribution >= 4 is 5.57 Å². The number of aromatic nitrogens is 5. The second-order valence-corrected chi connectivity index (χ2v) is 6.76. The molecule has 132 valence electrons. The molecular formula is C18H24N6O. The van der Waals surface area contributed by atoms with Crippen molar-refractivity contribution in [2.24, 2.45) is 11.8 Å². The highest BCUT2D eigenvalue weighted by molar-refractivity contribution is 5.68. The molecular weight excluding hydrogens is 316 g/mol. The summed E-state index contributed by atoms with van der Waals surface area (Å²) in [4.78, 5) is 4.61. The highest BCUT2D eigenvalue weighted by Gasteiger charge is 2.31. The lowest BCUT2D eigenvalue weighted by atomic mass is 9.79. The molecule has 0 fully saturated rings. The van der Waals surface area contributed by atoms with Gasteiger partial charge < -0.3 is 10.4 Å². The number of tetrazole rings is 1. The van der Waals surface area contributed by atoms with E-state index in [0.29, 0.717) is 12.2 Å². The van der Waals surface area contributed by atoms with Gasteiger partial charge in [0.05, 0.1) is 5.76 Å². The fourth-order valence-corrected chi connectivity index (χ4v) is 3.45. The van der Waals surface area contributed by atoms with E-state index in [0.717, 1.165) is 24.3 Å². The average molecular weight is 340 g/mol. The zero-order valence-electron chi connectivity index (χ0n) is 14.6. The van der Waals surface area contributed by atoms with Crippen LogP contribution in [0.25, 0.3) is 5.57 Å². The van der Waals surface area contributed by atoms with E-state index in [1.54, 1.807) is 0 Å². The van der Waals surface area contributed by atoms with Crippen molar-refractivity contribution in [2.45, 2.75) is 26.2 Å². The topological polar surface area (TPSA) is 99.6 Å². The van der Waals surface area contributed by atoms with Crippen molar-refractivity contribution in [3.63, 3.8) is 0 Å². The van der Waals surface area contributed by atoms with Crippen LogP contribution in [-0.2, 0) is 6.42 Å². The van der Waals surface area contributed by atoms with E-state index in [9.17, 15) is 5.11 Å². The Morgan fingerprint density at radius 3 is 2.72 bits per heavy atom. The van der Waals surface area contributed by atoms with Gasteiger partial charge in [0.25, 0.3) is 0 Å². The number of allylic oxidation sites excluding steroid dienone is 1. The zero-order chi connectivity index (χ0) is 17.8. The fourth-order valence-electron chi connectivity index (χ4n) is 3.45. The molecule has 2 aromatic heterocycles. The minimum atomic E-state index is -0.155. The highest BCUT2D eigenvalue weighted by Crippen LogP contribution is 2.34. The van der Waals surface area contributed by atoms with Gasteiger partial charge in [-0.05, 0) is 33.5 Å². The van der Waals surface area contributed by atoms with Crippen molar-refractivity contribution < 1.29 is 5.11 Å². The molecule has 0 bridgehead atoms. The first-order chi connectivity index (χ1) is 12.1. The second kappa shape index (κ2) is 7.57. The summed E-state index contributed by atoms with van der Waals surface area (Å²) in [6, 6.07) is 4.12. The van der Waals surface area contributed by atoms with Crippen molar-refractivity contribution in [3.8, 4) is 0 Å². The van der Waals surface area contributed by atoms with Gasteiger partial charge in [-0.2, -0.15) is 0 Å². The molecule has 0 unspecified atom stereocenters. The number of aliphatic hydroxyl groups excluding tert-OH is 1. The molecule has 0 saturated heterocycles. The Bertz CT molecular complexity index is 735. The lowest BCUT2D eigenvalue weighted by molar-refractivity contribution is 0.243. The molecule has 0 amide bonds. The Morgan fingerprint density at radius 1 is 1.36 bits per heavy atom. The molecule has 3 rings (SSSR count). The van der Waals surface area contributed by atoms with Gasteiger partial charge in [-0.15, -0.1) is 5.10 Å². The van der Waals surface area contributed by atoms with Crippen molar-refractivity contribution in [3.05, 3.63) is 53.8 Å². The number of aliphatic hydroxyl groups is 1. The van der Waals surface area contributed by atoms with E-state index in [-0.39, 0.29) is 23.5 Å². The number of hydrogen-bond acceptors (Lipinski definition) is 6. The normalized spacial score (nSPS) is 16.7. The Balaban J connectivity index is 1.83. The highest BCUT2D eigenvalue weighted by atomic mass is 16.3. The fraction of sp³-hybridized carbons (Fsp3) is 0.444. The molecule has 3 heterocycles. The van der Waals surface area contributed by atoms with Gasteiger partial charge >= 0.3 is 0 Å². The summed E-state index contributed by atoms with van der Waals surface area (Å²) < 4.78 is 0. The summed E-state index contributed by atoms with van der Waals surface area (Å²) in [5, 5.41) is 27.7. The van der Waals surface area contributed by atoms with Crippen LogP contribution >= 0.6 is 0 Å². The van der Waals surface area contributed by atoms with Gasteiger partial charge in [0.15, 0.2) is 5.82 Å². The number of nitrogens with one attached hydrogen (secondary N) is 2. The lowest BCUT2D eigenvalue weighted by Crippen LogP contribution is -2.24. The first-order valence-corrected chi connectivity index (χ1v) is 8.52. The van der Waals surface area contributed by atoms with Gasteiger partial charge in [0.1, 0.15) is 0 Å². The second-order valence-electron chi connectivity index (χ2n) is 6.76. The molecule has 1 aliphatic heterocycles. The van der Waals surface area contributed by atoms with Gasteiger partial charge in [-0.25, -0.2) is 5.10 Å². The summed E-state index contributed by atoms with van der Waals surface area (Å²) in [5.74, 6) is 0.718. The van der Waals surface area contributed by atoms with E-state index in [2.05, 4.69) is 63.5 Å². The summed E-state index contributed by atoms with van der Waals surface area (Å²) in [6.45, 7) is 9.65. The molecule has 3 N–H and O–H groups in total. The summed E-state index contributed by atoms with van der Waals surface area (Å²) in [7, 11) is 0. The maximum atomic E-state index is 10.1. The van der Waals surface area contributed by atoms with Crippen LogP contribution in [0.5, 0.6) is 0 Å².